The molecule has 0 aromatic carbocycles. The lowest BCUT2D eigenvalue weighted by atomic mass is 10.2. The summed E-state index contributed by atoms with van der Waals surface area (Å²) in [6, 6.07) is 0.264. The largest absolute Gasteiger partial charge is 0.352 e. The monoisotopic (exact) mass is 401 g/mol. The molecular weight excluding hydrogens is 374 g/mol. The van der Waals surface area contributed by atoms with Gasteiger partial charge in [0.15, 0.2) is 0 Å². The Kier molecular flexibility index (Phi) is 5.77. The van der Waals surface area contributed by atoms with Crippen molar-refractivity contribution in [2.24, 2.45) is 0 Å². The number of carbonyl (C=O) groups excluding carboxylic acids is 2. The van der Waals surface area contributed by atoms with Crippen LogP contribution in [0.5, 0.6) is 0 Å². The molecule has 0 saturated heterocycles. The van der Waals surface area contributed by atoms with Gasteiger partial charge in [-0.25, -0.2) is 9.48 Å². The normalized spacial score (nSPS) is 17.0. The molecule has 10 nitrogen and oxygen atoms in total. The van der Waals surface area contributed by atoms with Crippen LogP contribution >= 0.6 is 0 Å². The third kappa shape index (κ3) is 4.75. The Bertz CT molecular complexity index is 936. The highest BCUT2D eigenvalue weighted by atomic mass is 16.2. The number of carbonyl (C=O) groups is 2. The quantitative estimate of drug-likeness (QED) is 0.738. The van der Waals surface area contributed by atoms with Gasteiger partial charge < -0.3 is 10.6 Å². The number of nitrogens with zero attached hydrogens (tertiary/aromatic N) is 5. The highest BCUT2D eigenvalue weighted by Gasteiger charge is 2.19. The zero-order valence-corrected chi connectivity index (χ0v) is 16.5. The van der Waals surface area contributed by atoms with Gasteiger partial charge >= 0.3 is 5.69 Å². The highest BCUT2D eigenvalue weighted by Crippen LogP contribution is 2.17. The topological polar surface area (TPSA) is 116 Å². The van der Waals surface area contributed by atoms with Crippen LogP contribution in [0.15, 0.2) is 17.2 Å². The standard InChI is InChI=1S/C19H27N7O3/c27-17(21-14-6-3-4-7-14)12-24-11-15(10-20-24)22-18(28)13-26-19(29)25-9-5-1-2-8-16(25)23-26/h10-11,14H,1-9,12-13H2,(H,21,27)(H,22,28). The number of aromatic nitrogens is 5. The van der Waals surface area contributed by atoms with Crippen molar-refractivity contribution in [1.29, 1.82) is 0 Å². The number of amides is 2. The SMILES string of the molecule is O=C(Cn1nc2n(c1=O)CCCCC2)Nc1cnn(CC(=O)NC2CCCC2)c1. The van der Waals surface area contributed by atoms with Gasteiger partial charge in [-0.05, 0) is 25.7 Å². The third-order valence-electron chi connectivity index (χ3n) is 5.52. The Morgan fingerprint density at radius 3 is 2.72 bits per heavy atom. The van der Waals surface area contributed by atoms with Crippen LogP contribution in [0.25, 0.3) is 0 Å². The lowest BCUT2D eigenvalue weighted by Gasteiger charge is -2.11. The second kappa shape index (κ2) is 8.62. The molecule has 2 N–H and O–H groups in total. The molecule has 4 rings (SSSR count). The molecule has 0 atom stereocenters. The maximum Gasteiger partial charge on any atom is 0.346 e. The maximum atomic E-state index is 12.4. The van der Waals surface area contributed by atoms with Crippen molar-refractivity contribution in [3.8, 4) is 0 Å². The van der Waals surface area contributed by atoms with Crippen molar-refractivity contribution in [2.75, 3.05) is 5.32 Å². The summed E-state index contributed by atoms with van der Waals surface area (Å²) in [6.07, 6.45) is 11.3. The van der Waals surface area contributed by atoms with E-state index in [1.807, 2.05) is 0 Å². The first-order chi connectivity index (χ1) is 14.1. The fourth-order valence-electron chi connectivity index (χ4n) is 4.07. The molecule has 1 saturated carbocycles. The van der Waals surface area contributed by atoms with E-state index >= 15 is 0 Å². The zero-order chi connectivity index (χ0) is 20.2. The summed E-state index contributed by atoms with van der Waals surface area (Å²) in [6.45, 7) is 0.622. The summed E-state index contributed by atoms with van der Waals surface area (Å²) >= 11 is 0. The van der Waals surface area contributed by atoms with Gasteiger partial charge in [-0.3, -0.25) is 18.8 Å². The van der Waals surface area contributed by atoms with Crippen molar-refractivity contribution in [3.63, 3.8) is 0 Å². The summed E-state index contributed by atoms with van der Waals surface area (Å²) in [4.78, 5) is 36.9. The van der Waals surface area contributed by atoms with Gasteiger partial charge in [0.25, 0.3) is 0 Å². The Balaban J connectivity index is 1.31. The summed E-state index contributed by atoms with van der Waals surface area (Å²) in [5, 5.41) is 14.2. The molecule has 1 aliphatic heterocycles. The van der Waals surface area contributed by atoms with Gasteiger partial charge in [0, 0.05) is 25.2 Å². The number of aryl methyl sites for hydroxylation is 1. The lowest BCUT2D eigenvalue weighted by Crippen LogP contribution is -2.35. The third-order valence-corrected chi connectivity index (χ3v) is 5.52. The Labute approximate surface area is 168 Å². The molecule has 1 aliphatic carbocycles. The van der Waals surface area contributed by atoms with E-state index in [-0.39, 0.29) is 36.6 Å². The molecule has 0 bridgehead atoms. The van der Waals surface area contributed by atoms with Crippen molar-refractivity contribution in [3.05, 3.63) is 28.7 Å². The van der Waals surface area contributed by atoms with Crippen LogP contribution in [-0.4, -0.2) is 42.0 Å². The van der Waals surface area contributed by atoms with Gasteiger partial charge in [-0.15, -0.1) is 0 Å². The molecular formula is C19H27N7O3. The van der Waals surface area contributed by atoms with Gasteiger partial charge in [0.05, 0.1) is 11.9 Å². The van der Waals surface area contributed by atoms with Gasteiger partial charge in [0.2, 0.25) is 11.8 Å². The molecule has 0 radical (unpaired) electrons. The lowest BCUT2D eigenvalue weighted by molar-refractivity contribution is -0.122. The number of rotatable bonds is 6. The first kappa shape index (κ1) is 19.4. The minimum Gasteiger partial charge on any atom is -0.352 e. The minimum atomic E-state index is -0.352. The average molecular weight is 401 g/mol. The summed E-state index contributed by atoms with van der Waals surface area (Å²) in [5.74, 6) is 0.320. The van der Waals surface area contributed by atoms with Crippen LogP contribution in [0.3, 0.4) is 0 Å². The molecule has 2 amide bonds. The van der Waals surface area contributed by atoms with Crippen LogP contribution in [0.2, 0.25) is 0 Å². The van der Waals surface area contributed by atoms with Crippen molar-refractivity contribution in [1.82, 2.24) is 29.4 Å². The van der Waals surface area contributed by atoms with E-state index in [4.69, 9.17) is 0 Å². The molecule has 2 aromatic heterocycles. The first-order valence-electron chi connectivity index (χ1n) is 10.4. The Hall–Kier alpha value is -2.91. The maximum absolute atomic E-state index is 12.4. The fourth-order valence-corrected chi connectivity index (χ4v) is 4.07. The summed E-state index contributed by atoms with van der Waals surface area (Å²) in [5.41, 5.74) is 0.244. The van der Waals surface area contributed by atoms with Crippen LogP contribution < -0.4 is 16.3 Å². The molecule has 0 unspecified atom stereocenters. The zero-order valence-electron chi connectivity index (χ0n) is 16.5. The number of hydrogen-bond donors (Lipinski definition) is 2. The van der Waals surface area contributed by atoms with E-state index in [1.165, 1.54) is 15.6 Å². The predicted molar refractivity (Wildman–Crippen MR) is 105 cm³/mol. The molecule has 2 aliphatic rings. The Morgan fingerprint density at radius 1 is 1.07 bits per heavy atom. The van der Waals surface area contributed by atoms with Crippen molar-refractivity contribution >= 4 is 17.5 Å². The van der Waals surface area contributed by atoms with Gasteiger partial charge in [0.1, 0.15) is 18.9 Å². The first-order valence-corrected chi connectivity index (χ1v) is 10.4. The van der Waals surface area contributed by atoms with Gasteiger partial charge in [-0.1, -0.05) is 19.3 Å². The second-order valence-corrected chi connectivity index (χ2v) is 7.84. The van der Waals surface area contributed by atoms with E-state index in [2.05, 4.69) is 20.8 Å². The molecule has 3 heterocycles. The number of nitrogens with one attached hydrogen (secondary N) is 2. The number of hydrogen-bond acceptors (Lipinski definition) is 5. The van der Waals surface area contributed by atoms with E-state index in [9.17, 15) is 14.4 Å². The number of anilines is 1. The predicted octanol–water partition coefficient (Wildman–Crippen LogP) is 0.665. The van der Waals surface area contributed by atoms with Crippen LogP contribution in [0.1, 0.15) is 50.8 Å². The van der Waals surface area contributed by atoms with E-state index < -0.39 is 0 Å². The summed E-state index contributed by atoms with van der Waals surface area (Å²) in [7, 11) is 0. The Morgan fingerprint density at radius 2 is 1.90 bits per heavy atom. The number of fused-ring (bicyclic) bond motifs is 1. The molecule has 2 aromatic rings. The second-order valence-electron chi connectivity index (χ2n) is 7.84. The van der Waals surface area contributed by atoms with E-state index in [0.717, 1.165) is 57.2 Å². The minimum absolute atomic E-state index is 0.0797. The highest BCUT2D eigenvalue weighted by molar-refractivity contribution is 5.90. The molecule has 10 heteroatoms. The molecule has 156 valence electrons. The fraction of sp³-hybridized carbons (Fsp3) is 0.632. The van der Waals surface area contributed by atoms with E-state index in [1.54, 1.807) is 10.8 Å². The summed E-state index contributed by atoms with van der Waals surface area (Å²) < 4.78 is 4.38. The van der Waals surface area contributed by atoms with Crippen molar-refractivity contribution < 1.29 is 9.59 Å². The smallest absolute Gasteiger partial charge is 0.346 e. The average Bonchev–Trinajstić information content (AvgIpc) is 3.35. The van der Waals surface area contributed by atoms with Crippen LogP contribution in [-0.2, 0) is 35.6 Å². The van der Waals surface area contributed by atoms with Gasteiger partial charge in [-0.2, -0.15) is 10.2 Å². The van der Waals surface area contributed by atoms with E-state index in [0.29, 0.717) is 12.2 Å². The van der Waals surface area contributed by atoms with Crippen LogP contribution in [0, 0.1) is 0 Å². The van der Waals surface area contributed by atoms with Crippen LogP contribution in [0.4, 0.5) is 5.69 Å². The van der Waals surface area contributed by atoms with Crippen molar-refractivity contribution in [2.45, 2.75) is 77.0 Å². The molecule has 0 spiro atoms. The molecule has 29 heavy (non-hydrogen) atoms. The molecule has 1 fully saturated rings.